The molecule has 0 bridgehead atoms. The fraction of sp³-hybridized carbons (Fsp3) is 0.400. The fourth-order valence-corrected chi connectivity index (χ4v) is 3.24. The number of nitrogens with one attached hydrogen (secondary N) is 1. The highest BCUT2D eigenvalue weighted by molar-refractivity contribution is 7.92. The number of aryl methyl sites for hydroxylation is 1. The Morgan fingerprint density at radius 2 is 2.20 bits per heavy atom. The van der Waals surface area contributed by atoms with E-state index in [0.717, 1.165) is 11.8 Å². The molecule has 10 heteroatoms. The van der Waals surface area contributed by atoms with Crippen LogP contribution in [0.4, 0.5) is 5.69 Å². The van der Waals surface area contributed by atoms with Crippen molar-refractivity contribution in [3.63, 3.8) is 0 Å². The zero-order chi connectivity index (χ0) is 18.0. The molecule has 0 aliphatic carbocycles. The zero-order valence-electron chi connectivity index (χ0n) is 13.8. The maximum absolute atomic E-state index is 12.9. The summed E-state index contributed by atoms with van der Waals surface area (Å²) in [5, 5.41) is 3.79. The molecular formula is C15H18N4O5S. The average molecular weight is 366 g/mol. The third-order valence-corrected chi connectivity index (χ3v) is 4.44. The van der Waals surface area contributed by atoms with Gasteiger partial charge in [-0.15, -0.1) is 0 Å². The standard InChI is InChI=1S/C15H18N4O5S/c1-10-3-4-11(7-12(10)18-25(2,21)22)15(20)19-5-6-23-8-13(19)14-16-9-24-17-14/h3-4,7,9,13,18H,5-6,8H2,1-2H3. The second-order valence-electron chi connectivity index (χ2n) is 5.78. The predicted octanol–water partition coefficient (Wildman–Crippen LogP) is 0.963. The largest absolute Gasteiger partial charge is 0.377 e. The Morgan fingerprint density at radius 1 is 1.40 bits per heavy atom. The number of benzene rings is 1. The quantitative estimate of drug-likeness (QED) is 0.857. The van der Waals surface area contributed by atoms with Crippen LogP contribution in [0, 0.1) is 6.92 Å². The van der Waals surface area contributed by atoms with Gasteiger partial charge < -0.3 is 14.2 Å². The van der Waals surface area contributed by atoms with E-state index >= 15 is 0 Å². The van der Waals surface area contributed by atoms with Gasteiger partial charge in [-0.3, -0.25) is 9.52 Å². The van der Waals surface area contributed by atoms with Crippen molar-refractivity contribution in [3.8, 4) is 0 Å². The van der Waals surface area contributed by atoms with Gasteiger partial charge >= 0.3 is 0 Å². The summed E-state index contributed by atoms with van der Waals surface area (Å²) in [7, 11) is -3.44. The lowest BCUT2D eigenvalue weighted by Gasteiger charge is -2.33. The van der Waals surface area contributed by atoms with Crippen LogP contribution in [0.1, 0.15) is 27.8 Å². The Hall–Kier alpha value is -2.46. The highest BCUT2D eigenvalue weighted by Gasteiger charge is 2.32. The van der Waals surface area contributed by atoms with Crippen LogP contribution in [0.3, 0.4) is 0 Å². The first kappa shape index (κ1) is 17.4. The number of sulfonamides is 1. The van der Waals surface area contributed by atoms with Gasteiger partial charge in [-0.25, -0.2) is 8.42 Å². The third kappa shape index (κ3) is 3.97. The van der Waals surface area contributed by atoms with Crippen molar-refractivity contribution < 1.29 is 22.5 Å². The minimum Gasteiger partial charge on any atom is -0.377 e. The van der Waals surface area contributed by atoms with Crippen molar-refractivity contribution in [1.82, 2.24) is 15.0 Å². The first-order valence-corrected chi connectivity index (χ1v) is 9.48. The number of carbonyl (C=O) groups is 1. The van der Waals surface area contributed by atoms with Gasteiger partial charge in [-0.1, -0.05) is 11.2 Å². The molecule has 1 fully saturated rings. The van der Waals surface area contributed by atoms with E-state index in [1.54, 1.807) is 24.0 Å². The maximum atomic E-state index is 12.9. The minimum absolute atomic E-state index is 0.255. The van der Waals surface area contributed by atoms with Gasteiger partial charge in [-0.2, -0.15) is 4.98 Å². The normalized spacial score (nSPS) is 18.2. The number of hydrogen-bond donors (Lipinski definition) is 1. The second-order valence-corrected chi connectivity index (χ2v) is 7.53. The van der Waals surface area contributed by atoms with E-state index in [4.69, 9.17) is 9.26 Å². The number of carbonyl (C=O) groups excluding carboxylic acids is 1. The van der Waals surface area contributed by atoms with E-state index in [9.17, 15) is 13.2 Å². The van der Waals surface area contributed by atoms with Gasteiger partial charge in [0.1, 0.15) is 6.04 Å². The molecule has 0 spiro atoms. The van der Waals surface area contributed by atoms with Crippen molar-refractivity contribution in [2.24, 2.45) is 0 Å². The van der Waals surface area contributed by atoms with E-state index in [-0.39, 0.29) is 12.5 Å². The van der Waals surface area contributed by atoms with Gasteiger partial charge in [0.05, 0.1) is 25.2 Å². The van der Waals surface area contributed by atoms with Gasteiger partial charge in [0.15, 0.2) is 5.82 Å². The summed E-state index contributed by atoms with van der Waals surface area (Å²) in [5.41, 5.74) is 1.46. The molecule has 134 valence electrons. The fourth-order valence-electron chi connectivity index (χ4n) is 2.62. The molecule has 1 N–H and O–H groups in total. The van der Waals surface area contributed by atoms with Crippen LogP contribution in [0.2, 0.25) is 0 Å². The van der Waals surface area contributed by atoms with Gasteiger partial charge in [0.2, 0.25) is 16.4 Å². The Balaban J connectivity index is 1.90. The number of amides is 1. The van der Waals surface area contributed by atoms with Crippen LogP contribution in [0.25, 0.3) is 0 Å². The molecule has 2 aromatic rings. The molecule has 0 radical (unpaired) electrons. The Morgan fingerprint density at radius 3 is 2.88 bits per heavy atom. The molecule has 1 aliphatic heterocycles. The highest BCUT2D eigenvalue weighted by atomic mass is 32.2. The van der Waals surface area contributed by atoms with E-state index < -0.39 is 16.1 Å². The number of morpholine rings is 1. The Bertz CT molecular complexity index is 866. The Labute approximate surface area is 145 Å². The van der Waals surface area contributed by atoms with Crippen molar-refractivity contribution in [2.75, 3.05) is 30.7 Å². The topological polar surface area (TPSA) is 115 Å². The van der Waals surface area contributed by atoms with Crippen molar-refractivity contribution >= 4 is 21.6 Å². The number of rotatable bonds is 4. The first-order chi connectivity index (χ1) is 11.8. The Kier molecular flexibility index (Phi) is 4.73. The summed E-state index contributed by atoms with van der Waals surface area (Å²) < 4.78 is 35.6. The molecule has 1 atom stereocenters. The number of nitrogens with zero attached hydrogens (tertiary/aromatic N) is 3. The van der Waals surface area contributed by atoms with Crippen LogP contribution in [0.15, 0.2) is 29.1 Å². The van der Waals surface area contributed by atoms with Crippen molar-refractivity contribution in [1.29, 1.82) is 0 Å². The molecule has 1 aromatic carbocycles. The summed E-state index contributed by atoms with van der Waals surface area (Å²) in [4.78, 5) is 18.5. The van der Waals surface area contributed by atoms with E-state index in [0.29, 0.717) is 30.2 Å². The minimum atomic E-state index is -3.44. The molecule has 0 saturated carbocycles. The van der Waals surface area contributed by atoms with Crippen LogP contribution >= 0.6 is 0 Å². The third-order valence-electron chi connectivity index (χ3n) is 3.85. The predicted molar refractivity (Wildman–Crippen MR) is 88.5 cm³/mol. The lowest BCUT2D eigenvalue weighted by Crippen LogP contribution is -2.43. The van der Waals surface area contributed by atoms with Crippen LogP contribution in [-0.4, -0.2) is 55.4 Å². The molecule has 1 aromatic heterocycles. The summed E-state index contributed by atoms with van der Waals surface area (Å²) >= 11 is 0. The van der Waals surface area contributed by atoms with Gasteiger partial charge in [-0.05, 0) is 24.6 Å². The van der Waals surface area contributed by atoms with E-state index in [1.807, 2.05) is 0 Å². The smallest absolute Gasteiger partial charge is 0.254 e. The molecular weight excluding hydrogens is 348 g/mol. The number of anilines is 1. The maximum Gasteiger partial charge on any atom is 0.254 e. The molecule has 9 nitrogen and oxygen atoms in total. The van der Waals surface area contributed by atoms with Crippen molar-refractivity contribution in [3.05, 3.63) is 41.5 Å². The molecule has 1 saturated heterocycles. The average Bonchev–Trinajstić information content (AvgIpc) is 3.09. The van der Waals surface area contributed by atoms with Crippen LogP contribution < -0.4 is 4.72 Å². The van der Waals surface area contributed by atoms with Crippen LogP contribution in [-0.2, 0) is 14.8 Å². The number of ether oxygens (including phenoxy) is 1. The SMILES string of the molecule is Cc1ccc(C(=O)N2CCOCC2c2ncon2)cc1NS(C)(=O)=O. The summed E-state index contributed by atoms with van der Waals surface area (Å²) in [6.07, 6.45) is 2.27. The zero-order valence-corrected chi connectivity index (χ0v) is 14.6. The second kappa shape index (κ2) is 6.81. The molecule has 1 unspecified atom stereocenters. The lowest BCUT2D eigenvalue weighted by atomic mass is 10.1. The van der Waals surface area contributed by atoms with E-state index in [1.165, 1.54) is 12.5 Å². The summed E-state index contributed by atoms with van der Waals surface area (Å²) in [6.45, 7) is 2.81. The van der Waals surface area contributed by atoms with Crippen molar-refractivity contribution in [2.45, 2.75) is 13.0 Å². The molecule has 3 rings (SSSR count). The summed E-state index contributed by atoms with van der Waals surface area (Å²) in [5.74, 6) is 0.115. The monoisotopic (exact) mass is 366 g/mol. The van der Waals surface area contributed by atoms with Crippen LogP contribution in [0.5, 0.6) is 0 Å². The lowest BCUT2D eigenvalue weighted by molar-refractivity contribution is -0.00576. The summed E-state index contributed by atoms with van der Waals surface area (Å²) in [6, 6.07) is 4.44. The number of aromatic nitrogens is 2. The first-order valence-electron chi connectivity index (χ1n) is 7.58. The highest BCUT2D eigenvalue weighted by Crippen LogP contribution is 2.25. The number of hydrogen-bond acceptors (Lipinski definition) is 7. The molecule has 1 amide bonds. The molecule has 25 heavy (non-hydrogen) atoms. The molecule has 1 aliphatic rings. The van der Waals surface area contributed by atoms with E-state index in [2.05, 4.69) is 14.9 Å². The molecule has 2 heterocycles. The van der Waals surface area contributed by atoms with Gasteiger partial charge in [0, 0.05) is 12.1 Å². The van der Waals surface area contributed by atoms with Gasteiger partial charge in [0.25, 0.3) is 5.91 Å².